The third-order valence-electron chi connectivity index (χ3n) is 5.52. The average Bonchev–Trinajstić information content (AvgIpc) is 2.89. The van der Waals surface area contributed by atoms with Crippen molar-refractivity contribution >= 4 is 11.7 Å². The second-order valence-corrected chi connectivity index (χ2v) is 8.23. The minimum Gasteiger partial charge on any atom is -0.487 e. The highest BCUT2D eigenvalue weighted by atomic mass is 16.6. The van der Waals surface area contributed by atoms with E-state index in [1.807, 2.05) is 37.3 Å². The number of fused-ring (bicyclic) bond motifs is 1. The van der Waals surface area contributed by atoms with Crippen molar-refractivity contribution in [2.24, 2.45) is 5.10 Å². The number of ether oxygens (including phenoxy) is 6. The zero-order valence-electron chi connectivity index (χ0n) is 20.5. The number of nitrogens with zero attached hydrogens (tertiary/aromatic N) is 1. The van der Waals surface area contributed by atoms with E-state index in [4.69, 9.17) is 28.4 Å². The predicted octanol–water partition coefficient (Wildman–Crippen LogP) is 1.95. The number of carbonyl (C=O) groups is 1. The van der Waals surface area contributed by atoms with E-state index in [1.165, 1.54) is 0 Å². The van der Waals surface area contributed by atoms with Crippen molar-refractivity contribution in [3.63, 3.8) is 0 Å². The molecule has 0 radical (unpaired) electrons. The normalized spacial score (nSPS) is 20.8. The first-order valence-electron chi connectivity index (χ1n) is 12.1. The van der Waals surface area contributed by atoms with E-state index in [1.54, 1.807) is 12.1 Å². The molecular formula is C26H33N3O7. The summed E-state index contributed by atoms with van der Waals surface area (Å²) >= 11 is 0. The molecule has 10 heteroatoms. The van der Waals surface area contributed by atoms with Crippen LogP contribution in [0.4, 0.5) is 0 Å². The van der Waals surface area contributed by atoms with Crippen LogP contribution in [0.5, 0.6) is 11.5 Å². The number of hydrazone groups is 1. The Morgan fingerprint density at radius 3 is 1.86 bits per heavy atom. The molecule has 194 valence electrons. The molecule has 1 atom stereocenters. The van der Waals surface area contributed by atoms with Gasteiger partial charge in [0, 0.05) is 5.56 Å². The molecule has 2 heterocycles. The van der Waals surface area contributed by atoms with E-state index in [9.17, 15) is 4.79 Å². The fourth-order valence-electron chi connectivity index (χ4n) is 3.60. The lowest BCUT2D eigenvalue weighted by Crippen LogP contribution is -2.45. The van der Waals surface area contributed by atoms with Crippen LogP contribution in [-0.2, 0) is 23.7 Å². The van der Waals surface area contributed by atoms with Crippen LogP contribution in [0.2, 0.25) is 0 Å². The van der Waals surface area contributed by atoms with Gasteiger partial charge >= 0.3 is 0 Å². The topological polar surface area (TPSA) is 109 Å². The molecule has 1 amide bonds. The number of rotatable bonds is 2. The number of amidine groups is 1. The largest absolute Gasteiger partial charge is 0.487 e. The van der Waals surface area contributed by atoms with E-state index in [0.717, 1.165) is 11.1 Å². The molecule has 0 fully saturated rings. The van der Waals surface area contributed by atoms with Gasteiger partial charge in [0.1, 0.15) is 19.3 Å². The highest BCUT2D eigenvalue weighted by Gasteiger charge is 2.27. The highest BCUT2D eigenvalue weighted by Crippen LogP contribution is 2.31. The molecule has 4 rings (SSSR count). The zero-order chi connectivity index (χ0) is 25.0. The number of aryl methyl sites for hydroxylation is 1. The minimum atomic E-state index is -0.669. The number of amides is 1. The highest BCUT2D eigenvalue weighted by molar-refractivity contribution is 6.10. The molecule has 2 aliphatic rings. The number of hydrogen-bond donors (Lipinski definition) is 2. The molecule has 0 saturated carbocycles. The summed E-state index contributed by atoms with van der Waals surface area (Å²) in [6.07, 6.45) is 0. The maximum absolute atomic E-state index is 12.9. The third kappa shape index (κ3) is 7.66. The summed E-state index contributed by atoms with van der Waals surface area (Å²) in [5, 5.41) is 7.28. The first kappa shape index (κ1) is 25.9. The van der Waals surface area contributed by atoms with Crippen LogP contribution in [-0.4, -0.2) is 77.8 Å². The molecule has 10 nitrogen and oxygen atoms in total. The summed E-state index contributed by atoms with van der Waals surface area (Å²) in [6, 6.07) is 12.5. The van der Waals surface area contributed by atoms with Crippen molar-refractivity contribution in [1.29, 1.82) is 0 Å². The van der Waals surface area contributed by atoms with Gasteiger partial charge in [-0.2, -0.15) is 5.10 Å². The van der Waals surface area contributed by atoms with E-state index < -0.39 is 6.04 Å². The van der Waals surface area contributed by atoms with Crippen molar-refractivity contribution in [3.05, 3.63) is 59.2 Å². The molecule has 0 aliphatic carbocycles. The van der Waals surface area contributed by atoms with Gasteiger partial charge in [-0.15, -0.1) is 0 Å². The average molecular weight is 500 g/mol. The molecule has 2 aliphatic heterocycles. The monoisotopic (exact) mass is 499 g/mol. The summed E-state index contributed by atoms with van der Waals surface area (Å²) < 4.78 is 33.9. The first-order valence-corrected chi connectivity index (χ1v) is 12.1. The lowest BCUT2D eigenvalue weighted by molar-refractivity contribution is -0.122. The molecule has 2 aromatic carbocycles. The quantitative estimate of drug-likeness (QED) is 0.646. The van der Waals surface area contributed by atoms with Gasteiger partial charge < -0.3 is 33.7 Å². The Balaban J connectivity index is 1.43. The number of nitrogens with one attached hydrogen (secondary N) is 2. The van der Waals surface area contributed by atoms with Gasteiger partial charge in [0.2, 0.25) is 0 Å². The van der Waals surface area contributed by atoms with Gasteiger partial charge in [-0.1, -0.05) is 35.9 Å². The van der Waals surface area contributed by atoms with E-state index in [-0.39, 0.29) is 5.91 Å². The van der Waals surface area contributed by atoms with Gasteiger partial charge in [0.25, 0.3) is 5.91 Å². The van der Waals surface area contributed by atoms with Crippen LogP contribution in [0.3, 0.4) is 0 Å². The van der Waals surface area contributed by atoms with Crippen LogP contribution in [0.25, 0.3) is 0 Å². The second-order valence-electron chi connectivity index (χ2n) is 8.23. The predicted molar refractivity (Wildman–Crippen MR) is 132 cm³/mol. The summed E-state index contributed by atoms with van der Waals surface area (Å²) in [7, 11) is 0. The summed E-state index contributed by atoms with van der Waals surface area (Å²) in [5.74, 6) is 1.35. The Kier molecular flexibility index (Phi) is 9.92. The van der Waals surface area contributed by atoms with Crippen LogP contribution in [0, 0.1) is 6.92 Å². The van der Waals surface area contributed by atoms with Crippen LogP contribution in [0.15, 0.2) is 47.6 Å². The Labute approximate surface area is 210 Å². The van der Waals surface area contributed by atoms with Gasteiger partial charge in [-0.3, -0.25) is 10.2 Å². The zero-order valence-corrected chi connectivity index (χ0v) is 20.5. The summed E-state index contributed by atoms with van der Waals surface area (Å²) in [5.41, 5.74) is 5.64. The van der Waals surface area contributed by atoms with Gasteiger partial charge in [0.15, 0.2) is 17.3 Å². The van der Waals surface area contributed by atoms with E-state index >= 15 is 0 Å². The van der Waals surface area contributed by atoms with Crippen LogP contribution >= 0.6 is 0 Å². The van der Waals surface area contributed by atoms with Crippen molar-refractivity contribution in [3.8, 4) is 11.5 Å². The lowest BCUT2D eigenvalue weighted by Gasteiger charge is -2.24. The Hall–Kier alpha value is -3.18. The first-order chi connectivity index (χ1) is 17.7. The molecule has 1 unspecified atom stereocenters. The Morgan fingerprint density at radius 1 is 0.722 bits per heavy atom. The van der Waals surface area contributed by atoms with Gasteiger partial charge in [0.05, 0.1) is 52.9 Å². The molecule has 0 bridgehead atoms. The van der Waals surface area contributed by atoms with Gasteiger partial charge in [-0.05, 0) is 24.6 Å². The van der Waals surface area contributed by atoms with Gasteiger partial charge in [-0.25, -0.2) is 0 Å². The number of hydrogen-bond acceptors (Lipinski definition) is 9. The molecule has 0 saturated heterocycles. The lowest BCUT2D eigenvalue weighted by atomic mass is 10.0. The fraction of sp³-hybridized carbons (Fsp3) is 0.462. The number of benzene rings is 2. The summed E-state index contributed by atoms with van der Waals surface area (Å²) in [4.78, 5) is 12.9. The van der Waals surface area contributed by atoms with E-state index in [2.05, 4.69) is 15.8 Å². The van der Waals surface area contributed by atoms with Crippen LogP contribution in [0.1, 0.15) is 22.7 Å². The SMILES string of the molecule is Cc1ccc(C2=NNC(c3ccc4c(c3)OCCOCCOCCOCCOCCO4)C(=O)N2)cc1. The summed E-state index contributed by atoms with van der Waals surface area (Å²) in [6.45, 7) is 6.42. The Bertz CT molecular complexity index is 1010. The van der Waals surface area contributed by atoms with Crippen molar-refractivity contribution < 1.29 is 33.2 Å². The van der Waals surface area contributed by atoms with Crippen molar-refractivity contribution in [2.75, 3.05) is 66.1 Å². The van der Waals surface area contributed by atoms with Crippen molar-refractivity contribution in [2.45, 2.75) is 13.0 Å². The van der Waals surface area contributed by atoms with E-state index in [0.29, 0.717) is 89.0 Å². The Morgan fingerprint density at radius 2 is 1.28 bits per heavy atom. The molecule has 36 heavy (non-hydrogen) atoms. The second kappa shape index (κ2) is 13.8. The van der Waals surface area contributed by atoms with Crippen molar-refractivity contribution in [1.82, 2.24) is 10.7 Å². The fourth-order valence-corrected chi connectivity index (χ4v) is 3.60. The standard InChI is InChI=1S/C26H33N3O7/c1-19-2-4-20(5-3-19)25-27-26(30)24(28-29-25)21-6-7-22-23(18-21)36-17-15-34-13-11-32-9-8-31-10-12-33-14-16-35-22/h2-7,18,24,28H,8-17H2,1H3,(H,27,29,30). The third-order valence-corrected chi connectivity index (χ3v) is 5.52. The smallest absolute Gasteiger partial charge is 0.254 e. The number of carbonyl (C=O) groups excluding carboxylic acids is 1. The molecule has 0 spiro atoms. The molecule has 2 N–H and O–H groups in total. The molecule has 2 aromatic rings. The van der Waals surface area contributed by atoms with Crippen LogP contribution < -0.4 is 20.2 Å². The maximum Gasteiger partial charge on any atom is 0.254 e. The maximum atomic E-state index is 12.9. The molecular weight excluding hydrogens is 466 g/mol. The molecule has 0 aromatic heterocycles. The minimum absolute atomic E-state index is 0.208.